The highest BCUT2D eigenvalue weighted by atomic mass is 19.4. The second-order valence-corrected chi connectivity index (χ2v) is 6.82. The predicted octanol–water partition coefficient (Wildman–Crippen LogP) is 1.78. The van der Waals surface area contributed by atoms with Gasteiger partial charge in [0.15, 0.2) is 0 Å². The summed E-state index contributed by atoms with van der Waals surface area (Å²) in [5.74, 6) is -0.709. The lowest BCUT2D eigenvalue weighted by atomic mass is 9.89. The van der Waals surface area contributed by atoms with E-state index in [0.29, 0.717) is 26.1 Å². The zero-order valence-electron chi connectivity index (χ0n) is 12.8. The predicted molar refractivity (Wildman–Crippen MR) is 73.7 cm³/mol. The zero-order chi connectivity index (χ0) is 16.3. The molecule has 1 aliphatic rings. The molecule has 7 heteroatoms. The lowest BCUT2D eigenvalue weighted by Crippen LogP contribution is -2.53. The number of amides is 1. The maximum atomic E-state index is 12.6. The Morgan fingerprint density at radius 3 is 2.38 bits per heavy atom. The van der Waals surface area contributed by atoms with Crippen LogP contribution >= 0.6 is 0 Å². The average Bonchev–Trinajstić information content (AvgIpc) is 2.25. The van der Waals surface area contributed by atoms with Gasteiger partial charge < -0.3 is 10.4 Å². The van der Waals surface area contributed by atoms with Crippen LogP contribution in [0.2, 0.25) is 0 Å². The third-order valence-electron chi connectivity index (χ3n) is 3.57. The molecule has 1 fully saturated rings. The number of halogens is 3. The Labute approximate surface area is 123 Å². The second-order valence-electron chi connectivity index (χ2n) is 6.82. The van der Waals surface area contributed by atoms with Crippen LogP contribution in [0, 0.1) is 11.3 Å². The van der Waals surface area contributed by atoms with E-state index in [9.17, 15) is 18.0 Å². The number of carbonyl (C=O) groups is 1. The van der Waals surface area contributed by atoms with Gasteiger partial charge in [-0.25, -0.2) is 0 Å². The summed E-state index contributed by atoms with van der Waals surface area (Å²) >= 11 is 0. The topological polar surface area (TPSA) is 52.6 Å². The summed E-state index contributed by atoms with van der Waals surface area (Å²) in [5.41, 5.74) is -0.571. The molecule has 1 heterocycles. The minimum atomic E-state index is -4.20. The molecule has 0 aromatic carbocycles. The number of likely N-dealkylation sites (tertiary alicyclic amines) is 1. The van der Waals surface area contributed by atoms with Crippen molar-refractivity contribution in [2.75, 3.05) is 26.2 Å². The van der Waals surface area contributed by atoms with Crippen LogP contribution in [0.1, 0.15) is 33.6 Å². The van der Waals surface area contributed by atoms with Gasteiger partial charge in [-0.1, -0.05) is 20.8 Å². The van der Waals surface area contributed by atoms with Gasteiger partial charge >= 0.3 is 6.18 Å². The third-order valence-corrected chi connectivity index (χ3v) is 3.57. The molecule has 0 aromatic heterocycles. The highest BCUT2D eigenvalue weighted by molar-refractivity contribution is 5.81. The first-order valence-electron chi connectivity index (χ1n) is 7.22. The van der Waals surface area contributed by atoms with E-state index < -0.39 is 23.9 Å². The van der Waals surface area contributed by atoms with Gasteiger partial charge in [0, 0.05) is 37.5 Å². The third kappa shape index (κ3) is 6.65. The SMILES string of the molecule is CC(C)(C)C(=O)NC1CC(CC(F)(F)F)CN(CCO)C1. The van der Waals surface area contributed by atoms with Crippen LogP contribution in [0.25, 0.3) is 0 Å². The summed E-state index contributed by atoms with van der Waals surface area (Å²) in [4.78, 5) is 13.8. The van der Waals surface area contributed by atoms with E-state index in [1.165, 1.54) is 0 Å². The first-order valence-corrected chi connectivity index (χ1v) is 7.22. The monoisotopic (exact) mass is 310 g/mol. The highest BCUT2D eigenvalue weighted by Gasteiger charge is 2.37. The molecule has 1 aliphatic heterocycles. The second kappa shape index (κ2) is 6.96. The molecule has 0 radical (unpaired) electrons. The molecule has 4 nitrogen and oxygen atoms in total. The van der Waals surface area contributed by atoms with Crippen molar-refractivity contribution in [2.24, 2.45) is 11.3 Å². The Kier molecular flexibility index (Phi) is 6.04. The van der Waals surface area contributed by atoms with Crippen molar-refractivity contribution in [2.45, 2.75) is 45.8 Å². The van der Waals surface area contributed by atoms with Gasteiger partial charge in [-0.05, 0) is 12.3 Å². The summed E-state index contributed by atoms with van der Waals surface area (Å²) < 4.78 is 37.7. The first kappa shape index (κ1) is 18.2. The summed E-state index contributed by atoms with van der Waals surface area (Å²) in [6.45, 7) is 6.32. The minimum Gasteiger partial charge on any atom is -0.395 e. The van der Waals surface area contributed by atoms with Crippen LogP contribution in [0.3, 0.4) is 0 Å². The van der Waals surface area contributed by atoms with Crippen molar-refractivity contribution in [3.05, 3.63) is 0 Å². The smallest absolute Gasteiger partial charge is 0.389 e. The Balaban J connectivity index is 2.68. The molecule has 0 bridgehead atoms. The summed E-state index contributed by atoms with van der Waals surface area (Å²) in [6, 6.07) is -0.302. The van der Waals surface area contributed by atoms with Crippen molar-refractivity contribution < 1.29 is 23.1 Å². The number of nitrogens with one attached hydrogen (secondary N) is 1. The normalized spacial score (nSPS) is 24.9. The number of β-amino-alcohol motifs (C(OH)–C–C–N with tert-alkyl or cyclic N) is 1. The maximum absolute atomic E-state index is 12.6. The van der Waals surface area contributed by atoms with Gasteiger partial charge in [0.1, 0.15) is 0 Å². The molecule has 0 aromatic rings. The molecule has 2 N–H and O–H groups in total. The van der Waals surface area contributed by atoms with E-state index in [-0.39, 0.29) is 18.6 Å². The van der Waals surface area contributed by atoms with Gasteiger partial charge in [-0.2, -0.15) is 13.2 Å². The van der Waals surface area contributed by atoms with Gasteiger partial charge in [-0.3, -0.25) is 9.69 Å². The van der Waals surface area contributed by atoms with E-state index in [4.69, 9.17) is 5.11 Å². The molecule has 0 saturated carbocycles. The lowest BCUT2D eigenvalue weighted by molar-refractivity contribution is -0.149. The molecule has 21 heavy (non-hydrogen) atoms. The van der Waals surface area contributed by atoms with Crippen LogP contribution in [0.4, 0.5) is 13.2 Å². The van der Waals surface area contributed by atoms with Crippen molar-refractivity contribution >= 4 is 5.91 Å². The number of piperidine rings is 1. The van der Waals surface area contributed by atoms with Crippen molar-refractivity contribution in [3.8, 4) is 0 Å². The number of aliphatic hydroxyl groups is 1. The molecule has 2 unspecified atom stereocenters. The molecular formula is C14H25F3N2O2. The van der Waals surface area contributed by atoms with Gasteiger partial charge in [0.25, 0.3) is 0 Å². The first-order chi connectivity index (χ1) is 9.51. The Morgan fingerprint density at radius 2 is 1.90 bits per heavy atom. The van der Waals surface area contributed by atoms with E-state index in [1.807, 2.05) is 0 Å². The molecule has 0 spiro atoms. The van der Waals surface area contributed by atoms with Crippen LogP contribution < -0.4 is 5.32 Å². The average molecular weight is 310 g/mol. The fourth-order valence-corrected chi connectivity index (χ4v) is 2.61. The fourth-order valence-electron chi connectivity index (χ4n) is 2.61. The number of rotatable bonds is 4. The van der Waals surface area contributed by atoms with E-state index in [0.717, 1.165) is 0 Å². The maximum Gasteiger partial charge on any atom is 0.389 e. The molecule has 1 amide bonds. The molecule has 0 aliphatic carbocycles. The van der Waals surface area contributed by atoms with Gasteiger partial charge in [0.05, 0.1) is 6.61 Å². The van der Waals surface area contributed by atoms with Crippen molar-refractivity contribution in [1.82, 2.24) is 10.2 Å². The largest absolute Gasteiger partial charge is 0.395 e. The lowest BCUT2D eigenvalue weighted by Gasteiger charge is -2.39. The highest BCUT2D eigenvalue weighted by Crippen LogP contribution is 2.30. The molecule has 2 atom stereocenters. The van der Waals surface area contributed by atoms with Crippen LogP contribution in [0.5, 0.6) is 0 Å². The number of nitrogens with zero attached hydrogens (tertiary/aromatic N) is 1. The standard InChI is InChI=1S/C14H25F3N2O2/c1-13(2,3)12(21)18-11-6-10(7-14(15,16)17)8-19(9-11)4-5-20/h10-11,20H,4-9H2,1-3H3,(H,18,21). The number of alkyl halides is 3. The van der Waals surface area contributed by atoms with Gasteiger partial charge in [-0.15, -0.1) is 0 Å². The van der Waals surface area contributed by atoms with Crippen LogP contribution in [-0.4, -0.2) is 54.4 Å². The molecular weight excluding hydrogens is 285 g/mol. The Morgan fingerprint density at radius 1 is 1.29 bits per heavy atom. The number of aliphatic hydroxyl groups excluding tert-OH is 1. The molecule has 1 rings (SSSR count). The van der Waals surface area contributed by atoms with E-state index in [2.05, 4.69) is 5.32 Å². The zero-order valence-corrected chi connectivity index (χ0v) is 12.8. The summed E-state index contributed by atoms with van der Waals surface area (Å²) in [7, 11) is 0. The Bertz CT molecular complexity index is 353. The number of carbonyl (C=O) groups excluding carboxylic acids is 1. The van der Waals surface area contributed by atoms with E-state index in [1.54, 1.807) is 25.7 Å². The van der Waals surface area contributed by atoms with Crippen LogP contribution in [-0.2, 0) is 4.79 Å². The molecule has 124 valence electrons. The van der Waals surface area contributed by atoms with Gasteiger partial charge in [0.2, 0.25) is 5.91 Å². The van der Waals surface area contributed by atoms with Crippen molar-refractivity contribution in [1.29, 1.82) is 0 Å². The summed E-state index contributed by atoms with van der Waals surface area (Å²) in [6.07, 6.45) is -4.73. The Hall–Kier alpha value is -0.820. The number of hydrogen-bond donors (Lipinski definition) is 2. The van der Waals surface area contributed by atoms with Crippen molar-refractivity contribution in [3.63, 3.8) is 0 Å². The minimum absolute atomic E-state index is 0.0985. The fraction of sp³-hybridized carbons (Fsp3) is 0.929. The number of hydrogen-bond acceptors (Lipinski definition) is 3. The molecule has 1 saturated heterocycles. The van der Waals surface area contributed by atoms with Crippen LogP contribution in [0.15, 0.2) is 0 Å². The quantitative estimate of drug-likeness (QED) is 0.832. The summed E-state index contributed by atoms with van der Waals surface area (Å²) in [5, 5.41) is 11.8. The van der Waals surface area contributed by atoms with E-state index >= 15 is 0 Å².